The zero-order valence-electron chi connectivity index (χ0n) is 16.8. The number of fused-ring (bicyclic) bond motifs is 1. The zero-order valence-corrected chi connectivity index (χ0v) is 17.6. The van der Waals surface area contributed by atoms with E-state index < -0.39 is 42.6 Å². The number of nitrogens with one attached hydrogen (secondary N) is 1. The number of aryl methyl sites for hydroxylation is 1. The summed E-state index contributed by atoms with van der Waals surface area (Å²) in [5.74, 6) is -1.53. The third-order valence-electron chi connectivity index (χ3n) is 4.63. The van der Waals surface area contributed by atoms with Crippen molar-refractivity contribution >= 4 is 39.1 Å². The molecule has 2 amide bonds. The van der Waals surface area contributed by atoms with Crippen molar-refractivity contribution in [3.8, 4) is 11.3 Å². The molecule has 33 heavy (non-hydrogen) atoms. The molecule has 0 saturated carbocycles. The van der Waals surface area contributed by atoms with E-state index in [4.69, 9.17) is 10.2 Å². The van der Waals surface area contributed by atoms with Gasteiger partial charge >= 0.3 is 0 Å². The maximum absolute atomic E-state index is 13.4. The lowest BCUT2D eigenvalue weighted by atomic mass is 10.1. The normalized spacial score (nSPS) is 11.6. The number of primary amides is 1. The Balaban J connectivity index is 1.82. The minimum Gasteiger partial charge on any atom is -0.464 e. The van der Waals surface area contributed by atoms with Crippen LogP contribution in [0.15, 0.2) is 34.9 Å². The first-order valence-corrected chi connectivity index (χ1v) is 10.2. The molecule has 0 aliphatic heterocycles. The van der Waals surface area contributed by atoms with Crippen molar-refractivity contribution in [1.29, 1.82) is 0 Å². The average Bonchev–Trinajstić information content (AvgIpc) is 3.46. The van der Waals surface area contributed by atoms with Gasteiger partial charge in [0, 0.05) is 10.9 Å². The summed E-state index contributed by atoms with van der Waals surface area (Å²) in [6.07, 6.45) is -4.43. The van der Waals surface area contributed by atoms with Crippen LogP contribution in [0.5, 0.6) is 0 Å². The first-order chi connectivity index (χ1) is 15.7. The number of amides is 2. The number of rotatable bonds is 7. The smallest absolute Gasteiger partial charge is 0.280 e. The number of carbonyl (C=O) groups excluding carboxylic acids is 2. The third-order valence-corrected chi connectivity index (χ3v) is 5.73. The summed E-state index contributed by atoms with van der Waals surface area (Å²) in [6, 6.07) is 5.29. The highest BCUT2D eigenvalue weighted by Crippen LogP contribution is 2.42. The summed E-state index contributed by atoms with van der Waals surface area (Å²) in [6.45, 7) is 0.918. The first kappa shape index (κ1) is 22.5. The van der Waals surface area contributed by atoms with Crippen molar-refractivity contribution in [3.63, 3.8) is 0 Å². The highest BCUT2D eigenvalue weighted by Gasteiger charge is 2.26. The second kappa shape index (κ2) is 8.65. The summed E-state index contributed by atoms with van der Waals surface area (Å²) in [4.78, 5) is 28.6. The number of nitrogens with two attached hydrogens (primary N) is 1. The molecule has 0 aromatic carbocycles. The van der Waals surface area contributed by atoms with Crippen molar-refractivity contribution in [3.05, 3.63) is 52.5 Å². The van der Waals surface area contributed by atoms with E-state index >= 15 is 0 Å². The number of hydrogen-bond acceptors (Lipinski definition) is 6. The van der Waals surface area contributed by atoms with E-state index in [-0.39, 0.29) is 32.1 Å². The maximum Gasteiger partial charge on any atom is 0.280 e. The molecule has 0 spiro atoms. The molecule has 13 heteroatoms. The number of alkyl halides is 4. The van der Waals surface area contributed by atoms with Gasteiger partial charge in [0.2, 0.25) is 5.91 Å². The second-order valence-electron chi connectivity index (χ2n) is 6.94. The molecule has 4 rings (SSSR count). The van der Waals surface area contributed by atoms with Gasteiger partial charge in [-0.2, -0.15) is 5.10 Å². The number of nitrogens with zero attached hydrogens (tertiary/aromatic N) is 3. The van der Waals surface area contributed by atoms with Gasteiger partial charge in [0.05, 0.1) is 17.6 Å². The van der Waals surface area contributed by atoms with Crippen LogP contribution in [0.1, 0.15) is 39.6 Å². The molecule has 0 unspecified atom stereocenters. The fraction of sp³-hybridized carbons (Fsp3) is 0.200. The quantitative estimate of drug-likeness (QED) is 0.372. The van der Waals surface area contributed by atoms with E-state index in [0.29, 0.717) is 5.69 Å². The van der Waals surface area contributed by atoms with Crippen molar-refractivity contribution in [1.82, 2.24) is 14.8 Å². The Hall–Kier alpha value is -3.74. The fourth-order valence-corrected chi connectivity index (χ4v) is 4.35. The molecule has 4 heterocycles. The SMILES string of the molecule is Cc1cc(C(F)F)n(CC(=O)Nc2c(C(N)=O)sc3nc(C(F)F)cc(-c4ccco4)c23)n1. The van der Waals surface area contributed by atoms with E-state index in [1.54, 1.807) is 0 Å². The molecule has 0 aliphatic rings. The van der Waals surface area contributed by atoms with E-state index in [2.05, 4.69) is 15.4 Å². The van der Waals surface area contributed by atoms with Crippen molar-refractivity contribution in [2.75, 3.05) is 5.32 Å². The molecule has 0 radical (unpaired) electrons. The lowest BCUT2D eigenvalue weighted by Gasteiger charge is -2.11. The Morgan fingerprint density at radius 3 is 2.61 bits per heavy atom. The van der Waals surface area contributed by atoms with Crippen LogP contribution in [0.25, 0.3) is 21.5 Å². The minimum atomic E-state index is -2.91. The lowest BCUT2D eigenvalue weighted by Crippen LogP contribution is -2.22. The van der Waals surface area contributed by atoms with Gasteiger partial charge in [-0.15, -0.1) is 11.3 Å². The van der Waals surface area contributed by atoms with Gasteiger partial charge in [0.25, 0.3) is 18.8 Å². The highest BCUT2D eigenvalue weighted by atomic mass is 32.1. The Morgan fingerprint density at radius 2 is 2.00 bits per heavy atom. The molecule has 3 N–H and O–H groups in total. The lowest BCUT2D eigenvalue weighted by molar-refractivity contribution is -0.117. The molecule has 8 nitrogen and oxygen atoms in total. The number of thiophene rings is 1. The van der Waals surface area contributed by atoms with Gasteiger partial charge < -0.3 is 15.5 Å². The number of furan rings is 1. The number of halogens is 4. The topological polar surface area (TPSA) is 116 Å². The summed E-state index contributed by atoms with van der Waals surface area (Å²) in [5.41, 5.74) is 4.81. The van der Waals surface area contributed by atoms with Gasteiger partial charge in [-0.1, -0.05) is 0 Å². The van der Waals surface area contributed by atoms with Crippen LogP contribution >= 0.6 is 11.3 Å². The molecule has 172 valence electrons. The molecule has 0 aliphatic carbocycles. The molecule has 0 fully saturated rings. The molecule has 0 atom stereocenters. The zero-order chi connectivity index (χ0) is 23.9. The van der Waals surface area contributed by atoms with Crippen molar-refractivity contribution in [2.45, 2.75) is 26.3 Å². The van der Waals surface area contributed by atoms with Gasteiger partial charge in [0.1, 0.15) is 33.4 Å². The molecule has 0 bridgehead atoms. The van der Waals surface area contributed by atoms with Crippen molar-refractivity contribution in [2.24, 2.45) is 5.73 Å². The van der Waals surface area contributed by atoms with Crippen LogP contribution in [-0.4, -0.2) is 26.6 Å². The molecule has 4 aromatic heterocycles. The minimum absolute atomic E-state index is 0.0199. The summed E-state index contributed by atoms with van der Waals surface area (Å²) < 4.78 is 59.5. The van der Waals surface area contributed by atoms with Crippen LogP contribution < -0.4 is 11.1 Å². The maximum atomic E-state index is 13.4. The van der Waals surface area contributed by atoms with Gasteiger partial charge in [0.15, 0.2) is 0 Å². The van der Waals surface area contributed by atoms with Crippen LogP contribution in [0.2, 0.25) is 0 Å². The van der Waals surface area contributed by atoms with Gasteiger partial charge in [-0.25, -0.2) is 22.5 Å². The standard InChI is InChI=1S/C20H15F4N5O3S/c1-8-5-11(18(23)24)29(28-8)7-13(30)27-15-14-9(12-3-2-4-32-12)6-10(17(21)22)26-20(14)33-16(15)19(25)31/h2-6,17-18H,7H2,1H3,(H2,25,31)(H,27,30). The fourth-order valence-electron chi connectivity index (χ4n) is 3.33. The van der Waals surface area contributed by atoms with Crippen LogP contribution in [0, 0.1) is 6.92 Å². The van der Waals surface area contributed by atoms with E-state index in [9.17, 15) is 27.2 Å². The number of anilines is 1. The molecule has 4 aromatic rings. The monoisotopic (exact) mass is 481 g/mol. The number of hydrogen-bond donors (Lipinski definition) is 2. The van der Waals surface area contributed by atoms with Gasteiger partial charge in [-0.3, -0.25) is 14.3 Å². The first-order valence-electron chi connectivity index (χ1n) is 9.37. The number of carbonyl (C=O) groups is 2. The largest absolute Gasteiger partial charge is 0.464 e. The number of pyridine rings is 1. The summed E-state index contributed by atoms with van der Waals surface area (Å²) >= 11 is 0.718. The number of aromatic nitrogens is 3. The average molecular weight is 481 g/mol. The predicted molar refractivity (Wildman–Crippen MR) is 111 cm³/mol. The van der Waals surface area contributed by atoms with Gasteiger partial charge in [-0.05, 0) is 31.2 Å². The summed E-state index contributed by atoms with van der Waals surface area (Å²) in [5, 5.41) is 6.53. The van der Waals surface area contributed by atoms with E-state index in [1.807, 2.05) is 0 Å². The Labute approximate surface area is 187 Å². The summed E-state index contributed by atoms with van der Waals surface area (Å²) in [7, 11) is 0. The molecular formula is C20H15F4N5O3S. The predicted octanol–water partition coefficient (Wildman–Crippen LogP) is 4.67. The Morgan fingerprint density at radius 1 is 1.24 bits per heavy atom. The van der Waals surface area contributed by atoms with Crippen LogP contribution in [-0.2, 0) is 11.3 Å². The van der Waals surface area contributed by atoms with Crippen LogP contribution in [0.4, 0.5) is 23.2 Å². The van der Waals surface area contributed by atoms with Crippen molar-refractivity contribution < 1.29 is 31.6 Å². The third kappa shape index (κ3) is 4.31. The molecule has 0 saturated heterocycles. The second-order valence-corrected chi connectivity index (χ2v) is 7.94. The highest BCUT2D eigenvalue weighted by molar-refractivity contribution is 7.21. The Bertz CT molecular complexity index is 1350. The Kier molecular flexibility index (Phi) is 5.89. The van der Waals surface area contributed by atoms with E-state index in [0.717, 1.165) is 28.2 Å². The van der Waals surface area contributed by atoms with Crippen LogP contribution in [0.3, 0.4) is 0 Å². The molecular weight excluding hydrogens is 466 g/mol. The van der Waals surface area contributed by atoms with E-state index in [1.165, 1.54) is 25.3 Å².